The summed E-state index contributed by atoms with van der Waals surface area (Å²) in [6.07, 6.45) is 3.33. The monoisotopic (exact) mass is 334 g/mol. The molecule has 1 unspecified atom stereocenters. The predicted octanol–water partition coefficient (Wildman–Crippen LogP) is 2.75. The fraction of sp³-hybridized carbons (Fsp3) is 0.556. The lowest BCUT2D eigenvalue weighted by Crippen LogP contribution is -2.48. The van der Waals surface area contributed by atoms with Gasteiger partial charge in [-0.1, -0.05) is 24.3 Å². The van der Waals surface area contributed by atoms with Crippen molar-refractivity contribution in [1.82, 2.24) is 10.2 Å². The quantitative estimate of drug-likeness (QED) is 0.870. The lowest BCUT2D eigenvalue weighted by molar-refractivity contribution is -0.136. The van der Waals surface area contributed by atoms with E-state index < -0.39 is 6.04 Å². The van der Waals surface area contributed by atoms with Gasteiger partial charge in [0, 0.05) is 18.8 Å². The third-order valence-electron chi connectivity index (χ3n) is 4.17. The minimum Gasteiger partial charge on any atom is -0.344 e. The molecule has 0 saturated carbocycles. The number of carbonyl (C=O) groups is 2. The number of aryl methyl sites for hydroxylation is 1. The van der Waals surface area contributed by atoms with Gasteiger partial charge in [0.05, 0.1) is 5.75 Å². The topological polar surface area (TPSA) is 49.4 Å². The Labute approximate surface area is 143 Å². The van der Waals surface area contributed by atoms with Gasteiger partial charge < -0.3 is 10.2 Å². The van der Waals surface area contributed by atoms with Crippen molar-refractivity contribution in [2.75, 3.05) is 18.8 Å². The first kappa shape index (κ1) is 17.9. The van der Waals surface area contributed by atoms with Crippen LogP contribution < -0.4 is 5.32 Å². The summed E-state index contributed by atoms with van der Waals surface area (Å²) >= 11 is 1.58. The normalized spacial score (nSPS) is 16.0. The van der Waals surface area contributed by atoms with E-state index in [4.69, 9.17) is 0 Å². The molecule has 1 saturated heterocycles. The molecule has 4 nitrogen and oxygen atoms in total. The summed E-state index contributed by atoms with van der Waals surface area (Å²) in [5.74, 6) is 1.17. The summed E-state index contributed by atoms with van der Waals surface area (Å²) in [6.45, 7) is 5.50. The minimum atomic E-state index is -0.431. The van der Waals surface area contributed by atoms with Crippen LogP contribution in [-0.2, 0) is 15.3 Å². The molecule has 0 bridgehead atoms. The van der Waals surface area contributed by atoms with Gasteiger partial charge in [-0.2, -0.15) is 0 Å². The summed E-state index contributed by atoms with van der Waals surface area (Å²) in [6, 6.07) is 7.77. The molecule has 126 valence electrons. The molecule has 0 aromatic heterocycles. The van der Waals surface area contributed by atoms with Gasteiger partial charge in [-0.25, -0.2) is 0 Å². The zero-order valence-electron chi connectivity index (χ0n) is 14.0. The summed E-state index contributed by atoms with van der Waals surface area (Å²) in [5.41, 5.74) is 2.50. The number of hydrogen-bond donors (Lipinski definition) is 1. The molecule has 1 aromatic carbocycles. The molecule has 1 aliphatic rings. The van der Waals surface area contributed by atoms with Crippen molar-refractivity contribution < 1.29 is 9.59 Å². The van der Waals surface area contributed by atoms with E-state index in [0.29, 0.717) is 5.75 Å². The van der Waals surface area contributed by atoms with E-state index >= 15 is 0 Å². The van der Waals surface area contributed by atoms with Crippen molar-refractivity contribution in [2.24, 2.45) is 0 Å². The van der Waals surface area contributed by atoms with Crippen LogP contribution in [0, 0.1) is 6.92 Å². The molecule has 5 heteroatoms. The van der Waals surface area contributed by atoms with E-state index in [0.717, 1.165) is 31.7 Å². The Morgan fingerprint density at radius 2 is 1.91 bits per heavy atom. The number of amides is 2. The van der Waals surface area contributed by atoms with Crippen molar-refractivity contribution in [3.63, 3.8) is 0 Å². The summed E-state index contributed by atoms with van der Waals surface area (Å²) in [5, 5.41) is 2.83. The first-order chi connectivity index (χ1) is 11.1. The Morgan fingerprint density at radius 3 is 2.61 bits per heavy atom. The highest BCUT2D eigenvalue weighted by Crippen LogP contribution is 2.15. The van der Waals surface area contributed by atoms with E-state index in [1.54, 1.807) is 18.7 Å². The molecule has 0 spiro atoms. The maximum absolute atomic E-state index is 12.3. The molecule has 1 fully saturated rings. The number of hydrogen-bond acceptors (Lipinski definition) is 3. The fourth-order valence-electron chi connectivity index (χ4n) is 2.76. The minimum absolute atomic E-state index is 0.0435. The Kier molecular flexibility index (Phi) is 6.96. The smallest absolute Gasteiger partial charge is 0.244 e. The SMILES string of the molecule is Cc1ccccc1CSCC(=O)NC(C)C(=O)N1CCCCC1. The molecule has 0 radical (unpaired) electrons. The number of nitrogens with zero attached hydrogens (tertiary/aromatic N) is 1. The average molecular weight is 334 g/mol. The average Bonchev–Trinajstić information content (AvgIpc) is 2.56. The second-order valence-corrected chi connectivity index (χ2v) is 7.08. The van der Waals surface area contributed by atoms with Crippen molar-refractivity contribution in [3.8, 4) is 0 Å². The lowest BCUT2D eigenvalue weighted by atomic mass is 10.1. The Balaban J connectivity index is 1.71. The van der Waals surface area contributed by atoms with Gasteiger partial charge in [-0.05, 0) is 44.2 Å². The molecule has 1 aromatic rings. The van der Waals surface area contributed by atoms with Crippen LogP contribution in [0.15, 0.2) is 24.3 Å². The van der Waals surface area contributed by atoms with Gasteiger partial charge >= 0.3 is 0 Å². The van der Waals surface area contributed by atoms with Gasteiger partial charge in [0.25, 0.3) is 0 Å². The van der Waals surface area contributed by atoms with E-state index in [2.05, 4.69) is 24.4 Å². The van der Waals surface area contributed by atoms with Crippen molar-refractivity contribution in [2.45, 2.75) is 44.9 Å². The number of carbonyl (C=O) groups excluding carboxylic acids is 2. The first-order valence-electron chi connectivity index (χ1n) is 8.28. The molecule has 1 heterocycles. The van der Waals surface area contributed by atoms with Crippen molar-refractivity contribution in [1.29, 1.82) is 0 Å². The predicted molar refractivity (Wildman–Crippen MR) is 95.4 cm³/mol. The molecule has 1 atom stereocenters. The summed E-state index contributed by atoms with van der Waals surface area (Å²) in [7, 11) is 0. The molecule has 0 aliphatic carbocycles. The van der Waals surface area contributed by atoms with Crippen LogP contribution in [-0.4, -0.2) is 41.6 Å². The lowest BCUT2D eigenvalue weighted by Gasteiger charge is -2.29. The van der Waals surface area contributed by atoms with E-state index in [1.165, 1.54) is 17.5 Å². The molecule has 1 N–H and O–H groups in total. The van der Waals surface area contributed by atoms with Crippen LogP contribution >= 0.6 is 11.8 Å². The number of piperidine rings is 1. The van der Waals surface area contributed by atoms with Crippen LogP contribution in [0.5, 0.6) is 0 Å². The van der Waals surface area contributed by atoms with Crippen LogP contribution in [0.25, 0.3) is 0 Å². The van der Waals surface area contributed by atoms with Gasteiger partial charge in [-0.3, -0.25) is 9.59 Å². The number of likely N-dealkylation sites (tertiary alicyclic amines) is 1. The van der Waals surface area contributed by atoms with Gasteiger partial charge in [0.15, 0.2) is 0 Å². The van der Waals surface area contributed by atoms with Crippen LogP contribution in [0.1, 0.15) is 37.3 Å². The number of nitrogens with one attached hydrogen (secondary N) is 1. The summed E-state index contributed by atoms with van der Waals surface area (Å²) < 4.78 is 0. The van der Waals surface area contributed by atoms with E-state index in [1.807, 2.05) is 17.0 Å². The van der Waals surface area contributed by atoms with E-state index in [-0.39, 0.29) is 11.8 Å². The highest BCUT2D eigenvalue weighted by atomic mass is 32.2. The third-order valence-corrected chi connectivity index (χ3v) is 5.15. The first-order valence-corrected chi connectivity index (χ1v) is 9.44. The Hall–Kier alpha value is -1.49. The second kappa shape index (κ2) is 8.96. The van der Waals surface area contributed by atoms with Crippen molar-refractivity contribution >= 4 is 23.6 Å². The molecule has 2 amide bonds. The largest absolute Gasteiger partial charge is 0.344 e. The number of thioether (sulfide) groups is 1. The fourth-order valence-corrected chi connectivity index (χ4v) is 3.67. The van der Waals surface area contributed by atoms with Gasteiger partial charge in [0.1, 0.15) is 6.04 Å². The maximum atomic E-state index is 12.3. The summed E-state index contributed by atoms with van der Waals surface area (Å²) in [4.78, 5) is 26.2. The highest BCUT2D eigenvalue weighted by Gasteiger charge is 2.23. The highest BCUT2D eigenvalue weighted by molar-refractivity contribution is 7.99. The molecule has 23 heavy (non-hydrogen) atoms. The second-order valence-electron chi connectivity index (χ2n) is 6.09. The Bertz CT molecular complexity index is 542. The van der Waals surface area contributed by atoms with Gasteiger partial charge in [0.2, 0.25) is 11.8 Å². The van der Waals surface area contributed by atoms with E-state index in [9.17, 15) is 9.59 Å². The number of benzene rings is 1. The van der Waals surface area contributed by atoms with Crippen molar-refractivity contribution in [3.05, 3.63) is 35.4 Å². The number of rotatable bonds is 6. The zero-order chi connectivity index (χ0) is 16.7. The van der Waals surface area contributed by atoms with Crippen LogP contribution in [0.4, 0.5) is 0 Å². The maximum Gasteiger partial charge on any atom is 0.244 e. The molecule has 1 aliphatic heterocycles. The molecular weight excluding hydrogens is 308 g/mol. The van der Waals surface area contributed by atoms with Crippen LogP contribution in [0.3, 0.4) is 0 Å². The zero-order valence-corrected chi connectivity index (χ0v) is 14.8. The standard InChI is InChI=1S/C18H26N2O2S/c1-14-8-4-5-9-16(14)12-23-13-17(21)19-15(2)18(22)20-10-6-3-7-11-20/h4-5,8-9,15H,3,6-7,10-13H2,1-2H3,(H,19,21). The molecular formula is C18H26N2O2S. The van der Waals surface area contributed by atoms with Gasteiger partial charge in [-0.15, -0.1) is 11.8 Å². The Morgan fingerprint density at radius 1 is 1.22 bits per heavy atom. The van der Waals surface area contributed by atoms with Crippen LogP contribution in [0.2, 0.25) is 0 Å². The third kappa shape index (κ3) is 5.57. The molecule has 2 rings (SSSR count).